The molecule has 0 aliphatic carbocycles. The van der Waals surface area contributed by atoms with Gasteiger partial charge in [-0.3, -0.25) is 0 Å². The number of hydrogen-bond acceptors (Lipinski definition) is 6. The molecule has 1 unspecified atom stereocenters. The highest BCUT2D eigenvalue weighted by Gasteiger charge is 2.17. The summed E-state index contributed by atoms with van der Waals surface area (Å²) in [6, 6.07) is 0. The van der Waals surface area contributed by atoms with Gasteiger partial charge in [0.2, 0.25) is 4.96 Å². The fourth-order valence-electron chi connectivity index (χ4n) is 1.24. The Morgan fingerprint density at radius 2 is 2.20 bits per heavy atom. The largest absolute Gasteiger partial charge is 0.385 e. The molecule has 2 aromatic rings. The Bertz CT molecular complexity index is 462. The molecule has 2 heterocycles. The van der Waals surface area contributed by atoms with Crippen molar-refractivity contribution in [1.82, 2.24) is 19.8 Å². The Balaban J connectivity index is 2.47. The highest BCUT2D eigenvalue weighted by atomic mass is 32.1. The fraction of sp³-hybridized carbons (Fsp3) is 0.625. The van der Waals surface area contributed by atoms with Crippen LogP contribution in [0.5, 0.6) is 0 Å². The number of nitrogens with two attached hydrogens (primary N) is 1. The van der Waals surface area contributed by atoms with Crippen molar-refractivity contribution < 1.29 is 5.11 Å². The van der Waals surface area contributed by atoms with E-state index in [9.17, 15) is 5.11 Å². The molecule has 1 atom stereocenters. The third-order valence-electron chi connectivity index (χ3n) is 2.06. The van der Waals surface area contributed by atoms with E-state index in [4.69, 9.17) is 5.73 Å². The molecule has 0 bridgehead atoms. The minimum absolute atomic E-state index is 0.168. The van der Waals surface area contributed by atoms with Crippen LogP contribution in [0, 0.1) is 0 Å². The molecule has 0 amide bonds. The quantitative estimate of drug-likeness (QED) is 0.787. The van der Waals surface area contributed by atoms with Crippen molar-refractivity contribution >= 4 is 16.3 Å². The van der Waals surface area contributed by atoms with Crippen molar-refractivity contribution in [3.05, 3.63) is 10.8 Å². The van der Waals surface area contributed by atoms with Crippen LogP contribution >= 0.6 is 11.3 Å². The summed E-state index contributed by atoms with van der Waals surface area (Å²) in [5, 5.41) is 22.4. The molecule has 0 aliphatic rings. The topological polar surface area (TPSA) is 89.3 Å². The first-order valence-electron chi connectivity index (χ1n) is 4.73. The second kappa shape index (κ2) is 3.84. The number of rotatable bonds is 3. The summed E-state index contributed by atoms with van der Waals surface area (Å²) in [6.07, 6.45) is -0.711. The summed E-state index contributed by atoms with van der Waals surface area (Å²) in [7, 11) is 0. The van der Waals surface area contributed by atoms with Gasteiger partial charge in [-0.15, -0.1) is 10.2 Å². The van der Waals surface area contributed by atoms with Gasteiger partial charge in [-0.2, -0.15) is 9.61 Å². The highest BCUT2D eigenvalue weighted by molar-refractivity contribution is 7.16. The number of hydrogen-bond donors (Lipinski definition) is 2. The van der Waals surface area contributed by atoms with Crippen molar-refractivity contribution in [2.75, 3.05) is 6.54 Å². The summed E-state index contributed by atoms with van der Waals surface area (Å²) in [5.74, 6) is 1.06. The first-order valence-corrected chi connectivity index (χ1v) is 5.55. The van der Waals surface area contributed by atoms with Gasteiger partial charge in [-0.1, -0.05) is 25.2 Å². The zero-order valence-electron chi connectivity index (χ0n) is 8.58. The van der Waals surface area contributed by atoms with Gasteiger partial charge in [0.25, 0.3) is 0 Å². The second-order valence-electron chi connectivity index (χ2n) is 3.60. The number of fused-ring (bicyclic) bond motifs is 1. The zero-order valence-corrected chi connectivity index (χ0v) is 9.40. The summed E-state index contributed by atoms with van der Waals surface area (Å²) in [5.41, 5.74) is 5.36. The average Bonchev–Trinajstić information content (AvgIpc) is 2.73. The van der Waals surface area contributed by atoms with Gasteiger partial charge in [0, 0.05) is 12.5 Å². The van der Waals surface area contributed by atoms with Gasteiger partial charge in [-0.05, 0) is 0 Å². The summed E-state index contributed by atoms with van der Waals surface area (Å²) < 4.78 is 1.67. The van der Waals surface area contributed by atoms with Crippen molar-refractivity contribution in [3.8, 4) is 0 Å². The predicted octanol–water partition coefficient (Wildman–Crippen LogP) is 0.301. The predicted molar refractivity (Wildman–Crippen MR) is 56.8 cm³/mol. The standard InChI is InChI=1S/C8H13N5OS/c1-4(2)6-10-11-8-13(6)12-7(15-8)5(14)3-9/h4-5,14H,3,9H2,1-2H3. The Hall–Kier alpha value is -1.05. The monoisotopic (exact) mass is 227 g/mol. The molecular weight excluding hydrogens is 214 g/mol. The van der Waals surface area contributed by atoms with Crippen LogP contribution in [0.2, 0.25) is 0 Å². The number of nitrogens with zero attached hydrogens (tertiary/aromatic N) is 4. The molecule has 3 N–H and O–H groups in total. The molecule has 0 spiro atoms. The van der Waals surface area contributed by atoms with Crippen molar-refractivity contribution in [2.45, 2.75) is 25.9 Å². The molecule has 15 heavy (non-hydrogen) atoms. The molecular formula is C8H13N5OS. The molecule has 0 saturated carbocycles. The lowest BCUT2D eigenvalue weighted by atomic mass is 10.2. The number of aromatic nitrogens is 4. The Labute approximate surface area is 90.7 Å². The molecule has 0 fully saturated rings. The SMILES string of the molecule is CC(C)c1nnc2sc(C(O)CN)nn12. The summed E-state index contributed by atoms with van der Waals surface area (Å²) in [4.78, 5) is 0.696. The number of aliphatic hydroxyl groups excluding tert-OH is 1. The van der Waals surface area contributed by atoms with Crippen LogP contribution in [0.4, 0.5) is 0 Å². The van der Waals surface area contributed by atoms with E-state index in [0.29, 0.717) is 9.97 Å². The smallest absolute Gasteiger partial charge is 0.234 e. The molecule has 2 rings (SSSR count). The van der Waals surface area contributed by atoms with Crippen molar-refractivity contribution in [1.29, 1.82) is 0 Å². The molecule has 0 aromatic carbocycles. The first kappa shape index (κ1) is 10.5. The number of aliphatic hydroxyl groups is 1. The molecule has 2 aromatic heterocycles. The second-order valence-corrected chi connectivity index (χ2v) is 4.59. The minimum atomic E-state index is -0.711. The summed E-state index contributed by atoms with van der Waals surface area (Å²) >= 11 is 1.32. The van der Waals surface area contributed by atoms with Crippen molar-refractivity contribution in [3.63, 3.8) is 0 Å². The van der Waals surface area contributed by atoms with E-state index in [1.54, 1.807) is 4.52 Å². The van der Waals surface area contributed by atoms with Crippen LogP contribution in [-0.4, -0.2) is 31.5 Å². The van der Waals surface area contributed by atoms with E-state index in [-0.39, 0.29) is 12.5 Å². The lowest BCUT2D eigenvalue weighted by Gasteiger charge is -2.01. The van der Waals surface area contributed by atoms with Gasteiger partial charge in [-0.25, -0.2) is 0 Å². The van der Waals surface area contributed by atoms with Crippen LogP contribution < -0.4 is 5.73 Å². The maximum atomic E-state index is 9.54. The minimum Gasteiger partial charge on any atom is -0.385 e. The van der Waals surface area contributed by atoms with E-state index in [1.807, 2.05) is 13.8 Å². The van der Waals surface area contributed by atoms with E-state index in [1.165, 1.54) is 11.3 Å². The Morgan fingerprint density at radius 3 is 2.80 bits per heavy atom. The van der Waals surface area contributed by atoms with E-state index in [0.717, 1.165) is 5.82 Å². The summed E-state index contributed by atoms with van der Waals surface area (Å²) in [6.45, 7) is 4.21. The molecule has 7 heteroatoms. The lowest BCUT2D eigenvalue weighted by molar-refractivity contribution is 0.185. The highest BCUT2D eigenvalue weighted by Crippen LogP contribution is 2.22. The van der Waals surface area contributed by atoms with Crippen LogP contribution in [0.15, 0.2) is 0 Å². The van der Waals surface area contributed by atoms with Gasteiger partial charge < -0.3 is 10.8 Å². The maximum absolute atomic E-state index is 9.54. The van der Waals surface area contributed by atoms with E-state index in [2.05, 4.69) is 15.3 Å². The molecule has 82 valence electrons. The normalized spacial score (nSPS) is 13.9. The molecule has 6 nitrogen and oxygen atoms in total. The van der Waals surface area contributed by atoms with Crippen molar-refractivity contribution in [2.24, 2.45) is 5.73 Å². The Morgan fingerprint density at radius 1 is 1.47 bits per heavy atom. The van der Waals surface area contributed by atoms with Gasteiger partial charge in [0.15, 0.2) is 5.82 Å². The molecule has 0 saturated heterocycles. The van der Waals surface area contributed by atoms with Gasteiger partial charge >= 0.3 is 0 Å². The van der Waals surface area contributed by atoms with Crippen LogP contribution in [0.25, 0.3) is 4.96 Å². The fourth-order valence-corrected chi connectivity index (χ4v) is 2.09. The van der Waals surface area contributed by atoms with Crippen LogP contribution in [0.1, 0.15) is 36.7 Å². The first-order chi connectivity index (χ1) is 7.13. The third-order valence-corrected chi connectivity index (χ3v) is 3.06. The zero-order chi connectivity index (χ0) is 11.0. The van der Waals surface area contributed by atoms with Crippen LogP contribution in [0.3, 0.4) is 0 Å². The molecule has 0 radical (unpaired) electrons. The Kier molecular flexibility index (Phi) is 2.68. The van der Waals surface area contributed by atoms with Gasteiger partial charge in [0.1, 0.15) is 11.1 Å². The lowest BCUT2D eigenvalue weighted by Crippen LogP contribution is -2.11. The van der Waals surface area contributed by atoms with E-state index < -0.39 is 6.10 Å². The van der Waals surface area contributed by atoms with Gasteiger partial charge in [0.05, 0.1) is 0 Å². The maximum Gasteiger partial charge on any atom is 0.234 e. The average molecular weight is 227 g/mol. The van der Waals surface area contributed by atoms with E-state index >= 15 is 0 Å². The molecule has 0 aliphatic heterocycles. The van der Waals surface area contributed by atoms with Crippen LogP contribution in [-0.2, 0) is 0 Å². The third kappa shape index (κ3) is 1.73.